The molecule has 2 aliphatic heterocycles. The Kier molecular flexibility index (Phi) is 5.79. The molecule has 5 rings (SSSR count). The van der Waals surface area contributed by atoms with Crippen LogP contribution in [-0.2, 0) is 4.79 Å². The summed E-state index contributed by atoms with van der Waals surface area (Å²) in [6.45, 7) is 2.20. The van der Waals surface area contributed by atoms with Crippen LogP contribution in [0.15, 0.2) is 72.8 Å². The summed E-state index contributed by atoms with van der Waals surface area (Å²) in [5.74, 6) is -0.722. The van der Waals surface area contributed by atoms with Gasteiger partial charge in [0.2, 0.25) is 5.91 Å². The van der Waals surface area contributed by atoms with Gasteiger partial charge in [0, 0.05) is 18.2 Å². The second-order valence-electron chi connectivity index (χ2n) is 8.90. The number of fused-ring (bicyclic) bond motifs is 1. The van der Waals surface area contributed by atoms with E-state index in [4.69, 9.17) is 0 Å². The van der Waals surface area contributed by atoms with E-state index >= 15 is 0 Å². The molecular weight excluding hydrogens is 433 g/mol. The number of carbonyl (C=O) groups excluding carboxylic acids is 2. The van der Waals surface area contributed by atoms with Crippen molar-refractivity contribution in [2.75, 3.05) is 25.0 Å². The first kappa shape index (κ1) is 22.1. The summed E-state index contributed by atoms with van der Waals surface area (Å²) in [4.78, 5) is 28.8. The Balaban J connectivity index is 1.35. The van der Waals surface area contributed by atoms with Crippen LogP contribution in [0.25, 0.3) is 11.1 Å². The number of aliphatic hydroxyl groups is 1. The number of rotatable bonds is 4. The number of hydrogen-bond donors (Lipinski definition) is 2. The molecule has 2 aliphatic rings. The first-order valence-electron chi connectivity index (χ1n) is 11.4. The van der Waals surface area contributed by atoms with Crippen LogP contribution in [0.1, 0.15) is 17.0 Å². The van der Waals surface area contributed by atoms with Gasteiger partial charge in [0.1, 0.15) is 12.4 Å². The van der Waals surface area contributed by atoms with Crippen LogP contribution < -0.4 is 5.32 Å². The van der Waals surface area contributed by atoms with Crippen LogP contribution in [0.4, 0.5) is 14.9 Å². The van der Waals surface area contributed by atoms with Gasteiger partial charge in [0.15, 0.2) is 0 Å². The Morgan fingerprint density at radius 1 is 1.09 bits per heavy atom. The lowest BCUT2D eigenvalue weighted by Crippen LogP contribution is -2.73. The Bertz CT molecular complexity index is 1230. The van der Waals surface area contributed by atoms with Gasteiger partial charge in [0.25, 0.3) is 0 Å². The zero-order valence-corrected chi connectivity index (χ0v) is 18.8. The number of hydrogen-bond acceptors (Lipinski definition) is 3. The number of aryl methyl sites for hydroxylation is 1. The Morgan fingerprint density at radius 3 is 2.56 bits per heavy atom. The molecule has 0 spiro atoms. The van der Waals surface area contributed by atoms with E-state index in [1.807, 2.05) is 24.3 Å². The molecule has 174 valence electrons. The Hall–Kier alpha value is -3.71. The number of piperazine rings is 1. The van der Waals surface area contributed by atoms with Gasteiger partial charge in [-0.3, -0.25) is 4.79 Å². The highest BCUT2D eigenvalue weighted by atomic mass is 19.1. The van der Waals surface area contributed by atoms with Gasteiger partial charge < -0.3 is 20.2 Å². The van der Waals surface area contributed by atoms with Crippen molar-refractivity contribution in [3.8, 4) is 11.1 Å². The van der Waals surface area contributed by atoms with Crippen molar-refractivity contribution in [3.05, 3.63) is 89.7 Å². The van der Waals surface area contributed by atoms with Gasteiger partial charge in [0.05, 0.1) is 18.7 Å². The normalized spacial score (nSPS) is 21.6. The summed E-state index contributed by atoms with van der Waals surface area (Å²) in [5.41, 5.74) is 4.82. The number of halogens is 1. The second-order valence-corrected chi connectivity index (χ2v) is 8.90. The molecule has 0 radical (unpaired) electrons. The molecule has 0 aromatic heterocycles. The predicted molar refractivity (Wildman–Crippen MR) is 128 cm³/mol. The fraction of sp³-hybridized carbons (Fsp3) is 0.259. The summed E-state index contributed by atoms with van der Waals surface area (Å²) in [6.07, 6.45) is 0. The molecule has 0 saturated carbocycles. The molecule has 34 heavy (non-hydrogen) atoms. The van der Waals surface area contributed by atoms with Gasteiger partial charge in [-0.2, -0.15) is 0 Å². The van der Waals surface area contributed by atoms with E-state index in [2.05, 4.69) is 36.5 Å². The fourth-order valence-electron chi connectivity index (χ4n) is 5.20. The molecule has 2 saturated heterocycles. The molecule has 2 heterocycles. The highest BCUT2D eigenvalue weighted by molar-refractivity contribution is 5.93. The van der Waals surface area contributed by atoms with Crippen molar-refractivity contribution in [1.82, 2.24) is 9.80 Å². The topological polar surface area (TPSA) is 72.9 Å². The lowest BCUT2D eigenvalue weighted by molar-refractivity contribution is -0.159. The zero-order valence-electron chi connectivity index (χ0n) is 18.8. The summed E-state index contributed by atoms with van der Waals surface area (Å²) in [5, 5.41) is 12.7. The third-order valence-electron chi connectivity index (χ3n) is 6.87. The van der Waals surface area contributed by atoms with Crippen molar-refractivity contribution in [3.63, 3.8) is 0 Å². The highest BCUT2D eigenvalue weighted by Crippen LogP contribution is 2.43. The van der Waals surface area contributed by atoms with Crippen molar-refractivity contribution in [1.29, 1.82) is 0 Å². The molecule has 3 aromatic rings. The molecule has 3 amide bonds. The minimum atomic E-state index is -0.447. The third kappa shape index (κ3) is 3.92. The summed E-state index contributed by atoms with van der Waals surface area (Å²) >= 11 is 0. The minimum absolute atomic E-state index is 0.0763. The summed E-state index contributed by atoms with van der Waals surface area (Å²) < 4.78 is 13.5. The van der Waals surface area contributed by atoms with E-state index in [1.54, 1.807) is 11.0 Å². The van der Waals surface area contributed by atoms with Crippen molar-refractivity contribution in [2.45, 2.75) is 24.9 Å². The third-order valence-corrected chi connectivity index (χ3v) is 6.87. The molecule has 7 heteroatoms. The number of anilines is 1. The monoisotopic (exact) mass is 459 g/mol. The first-order valence-corrected chi connectivity index (χ1v) is 11.4. The van der Waals surface area contributed by atoms with E-state index in [9.17, 15) is 19.1 Å². The molecule has 2 fully saturated rings. The van der Waals surface area contributed by atoms with Gasteiger partial charge in [-0.25, -0.2) is 9.18 Å². The maximum atomic E-state index is 13.5. The van der Waals surface area contributed by atoms with Crippen molar-refractivity contribution in [2.24, 2.45) is 0 Å². The molecule has 2 N–H and O–H groups in total. The smallest absolute Gasteiger partial charge is 0.322 e. The minimum Gasteiger partial charge on any atom is -0.394 e. The molecule has 0 aliphatic carbocycles. The van der Waals surface area contributed by atoms with Crippen LogP contribution in [0.5, 0.6) is 0 Å². The number of benzene rings is 3. The van der Waals surface area contributed by atoms with Crippen molar-refractivity contribution < 1.29 is 19.1 Å². The fourth-order valence-corrected chi connectivity index (χ4v) is 5.20. The molecule has 0 unspecified atom stereocenters. The van der Waals surface area contributed by atoms with Gasteiger partial charge in [-0.1, -0.05) is 54.6 Å². The van der Waals surface area contributed by atoms with Crippen LogP contribution in [0.3, 0.4) is 0 Å². The largest absolute Gasteiger partial charge is 0.394 e. The average molecular weight is 460 g/mol. The molecule has 3 atom stereocenters. The molecule has 3 aromatic carbocycles. The van der Waals surface area contributed by atoms with Crippen LogP contribution >= 0.6 is 0 Å². The highest BCUT2D eigenvalue weighted by Gasteiger charge is 2.54. The maximum Gasteiger partial charge on any atom is 0.322 e. The number of amides is 3. The number of nitrogens with zero attached hydrogens (tertiary/aromatic N) is 2. The number of nitrogens with one attached hydrogen (secondary N) is 1. The van der Waals surface area contributed by atoms with Gasteiger partial charge >= 0.3 is 6.03 Å². The number of urea groups is 1. The molecule has 6 nitrogen and oxygen atoms in total. The number of aliphatic hydroxyl groups excluding tert-OH is 1. The second kappa shape index (κ2) is 8.91. The standard InChI is InChI=1S/C27H26FN3O3/c1-17-5-2-3-8-22(17)18-9-11-19(12-10-18)26-23-14-30(15-25(33)31(23)24(26)16-32)27(34)29-21-7-4-6-20(28)13-21/h2-13,23-24,26,32H,14-16H2,1H3,(H,29,34)/t23-,24-,26+/m0/s1. The maximum absolute atomic E-state index is 13.5. The first-order chi connectivity index (χ1) is 16.5. The van der Waals surface area contributed by atoms with E-state index in [0.29, 0.717) is 12.2 Å². The molecule has 0 bridgehead atoms. The Morgan fingerprint density at radius 2 is 1.85 bits per heavy atom. The Labute approximate surface area is 197 Å². The van der Waals surface area contributed by atoms with E-state index < -0.39 is 11.8 Å². The van der Waals surface area contributed by atoms with Crippen LogP contribution in [0.2, 0.25) is 0 Å². The quantitative estimate of drug-likeness (QED) is 0.619. The van der Waals surface area contributed by atoms with E-state index in [-0.39, 0.29) is 37.1 Å². The number of carbonyl (C=O) groups is 2. The summed E-state index contributed by atoms with van der Waals surface area (Å²) in [6, 6.07) is 21.1. The van der Waals surface area contributed by atoms with Crippen molar-refractivity contribution >= 4 is 17.6 Å². The van der Waals surface area contributed by atoms with E-state index in [0.717, 1.165) is 16.7 Å². The van der Waals surface area contributed by atoms with Gasteiger partial charge in [-0.15, -0.1) is 0 Å². The SMILES string of the molecule is Cc1ccccc1-c1ccc([C@H]2[C@H](CO)N3C(=O)CN(C(=O)Nc4cccc(F)c4)C[C@@H]23)cc1. The molecular formula is C27H26FN3O3. The predicted octanol–water partition coefficient (Wildman–Crippen LogP) is 4.00. The average Bonchev–Trinajstić information content (AvgIpc) is 2.81. The lowest BCUT2D eigenvalue weighted by Gasteiger charge is -2.58. The summed E-state index contributed by atoms with van der Waals surface area (Å²) in [7, 11) is 0. The lowest BCUT2D eigenvalue weighted by atomic mass is 9.73. The van der Waals surface area contributed by atoms with Crippen LogP contribution in [-0.4, -0.2) is 58.6 Å². The van der Waals surface area contributed by atoms with Gasteiger partial charge in [-0.05, 0) is 47.4 Å². The zero-order chi connectivity index (χ0) is 23.8. The van der Waals surface area contributed by atoms with E-state index in [1.165, 1.54) is 28.7 Å². The van der Waals surface area contributed by atoms with Crippen LogP contribution in [0, 0.1) is 12.7 Å².